The van der Waals surface area contributed by atoms with Crippen LogP contribution in [0.3, 0.4) is 0 Å². The first-order chi connectivity index (χ1) is 6.66. The van der Waals surface area contributed by atoms with Gasteiger partial charge in [0.25, 0.3) is 0 Å². The third-order valence-electron chi connectivity index (χ3n) is 2.46. The minimum Gasteiger partial charge on any atom is -0.386 e. The van der Waals surface area contributed by atoms with E-state index in [0.717, 1.165) is 24.5 Å². The van der Waals surface area contributed by atoms with Crippen molar-refractivity contribution in [3.8, 4) is 0 Å². The van der Waals surface area contributed by atoms with Crippen molar-refractivity contribution in [2.24, 2.45) is 10.8 Å². The lowest BCUT2D eigenvalue weighted by Crippen LogP contribution is -2.13. The zero-order valence-electron chi connectivity index (χ0n) is 8.62. The molecular formula is C11H15N3. The third-order valence-corrected chi connectivity index (χ3v) is 2.46. The molecule has 74 valence electrons. The molecule has 0 aliphatic carbocycles. The molecule has 0 atom stereocenters. The number of nitrogens with two attached hydrogens (primary N) is 1. The van der Waals surface area contributed by atoms with Gasteiger partial charge >= 0.3 is 0 Å². The number of hydrogen-bond donors (Lipinski definition) is 1. The maximum Gasteiger partial charge on any atom is 0.122 e. The van der Waals surface area contributed by atoms with Gasteiger partial charge in [0.05, 0.1) is 5.69 Å². The van der Waals surface area contributed by atoms with Gasteiger partial charge in [-0.25, -0.2) is 0 Å². The first kappa shape index (κ1) is 9.06. The van der Waals surface area contributed by atoms with Crippen LogP contribution in [-0.2, 0) is 0 Å². The summed E-state index contributed by atoms with van der Waals surface area (Å²) in [7, 11) is 0. The monoisotopic (exact) mass is 189 g/mol. The van der Waals surface area contributed by atoms with Crippen LogP contribution >= 0.6 is 0 Å². The van der Waals surface area contributed by atoms with E-state index in [2.05, 4.69) is 37.1 Å². The normalized spacial score (nSPS) is 15.9. The van der Waals surface area contributed by atoms with Crippen molar-refractivity contribution in [1.82, 2.24) is 0 Å². The second kappa shape index (κ2) is 3.33. The summed E-state index contributed by atoms with van der Waals surface area (Å²) in [6.07, 6.45) is 0.868. The highest BCUT2D eigenvalue weighted by Crippen LogP contribution is 2.23. The Morgan fingerprint density at radius 3 is 2.71 bits per heavy atom. The van der Waals surface area contributed by atoms with Gasteiger partial charge in [-0.2, -0.15) is 5.10 Å². The van der Waals surface area contributed by atoms with Crippen LogP contribution in [0.1, 0.15) is 17.5 Å². The van der Waals surface area contributed by atoms with Crippen LogP contribution in [0.2, 0.25) is 0 Å². The molecule has 0 aromatic heterocycles. The number of hydrogen-bond acceptors (Lipinski definition) is 3. The molecule has 0 spiro atoms. The van der Waals surface area contributed by atoms with Crippen molar-refractivity contribution in [2.75, 3.05) is 11.6 Å². The van der Waals surface area contributed by atoms with Crippen LogP contribution in [0, 0.1) is 13.8 Å². The Morgan fingerprint density at radius 2 is 2.14 bits per heavy atom. The van der Waals surface area contributed by atoms with Crippen molar-refractivity contribution in [3.63, 3.8) is 0 Å². The number of aryl methyl sites for hydroxylation is 2. The maximum absolute atomic E-state index is 5.65. The lowest BCUT2D eigenvalue weighted by atomic mass is 10.1. The second-order valence-corrected chi connectivity index (χ2v) is 3.75. The van der Waals surface area contributed by atoms with Gasteiger partial charge in [-0.05, 0) is 25.5 Å². The van der Waals surface area contributed by atoms with Crippen molar-refractivity contribution < 1.29 is 0 Å². The fraction of sp³-hybridized carbons (Fsp3) is 0.364. The fourth-order valence-corrected chi connectivity index (χ4v) is 1.74. The van der Waals surface area contributed by atoms with Gasteiger partial charge in [0, 0.05) is 13.0 Å². The lowest BCUT2D eigenvalue weighted by Gasteiger charge is -2.16. The largest absolute Gasteiger partial charge is 0.386 e. The number of rotatable bonds is 1. The molecule has 1 aromatic rings. The highest BCUT2D eigenvalue weighted by atomic mass is 15.5. The van der Waals surface area contributed by atoms with Crippen molar-refractivity contribution in [2.45, 2.75) is 20.3 Å². The molecule has 1 heterocycles. The van der Waals surface area contributed by atoms with Crippen LogP contribution in [0.5, 0.6) is 0 Å². The average molecular weight is 189 g/mol. The second-order valence-electron chi connectivity index (χ2n) is 3.75. The molecule has 0 saturated heterocycles. The molecule has 0 bridgehead atoms. The summed E-state index contributed by atoms with van der Waals surface area (Å²) in [5, 5.41) is 6.25. The standard InChI is InChI=1S/C11H15N3/c1-8-3-4-10(9(2)7-8)14-6-5-11(12)13-14/h3-4,7H,5-6H2,1-2H3,(H2,12,13). The minimum atomic E-state index is 0.727. The Kier molecular flexibility index (Phi) is 2.15. The van der Waals surface area contributed by atoms with Crippen molar-refractivity contribution in [1.29, 1.82) is 0 Å². The number of hydrazone groups is 1. The summed E-state index contributed by atoms with van der Waals surface area (Å²) in [6, 6.07) is 6.37. The molecule has 0 radical (unpaired) electrons. The van der Waals surface area contributed by atoms with E-state index < -0.39 is 0 Å². The molecule has 2 N–H and O–H groups in total. The molecule has 14 heavy (non-hydrogen) atoms. The molecule has 1 aromatic carbocycles. The smallest absolute Gasteiger partial charge is 0.122 e. The zero-order valence-corrected chi connectivity index (χ0v) is 8.62. The molecular weight excluding hydrogens is 174 g/mol. The molecule has 3 nitrogen and oxygen atoms in total. The minimum absolute atomic E-state index is 0.727. The van der Waals surface area contributed by atoms with Crippen molar-refractivity contribution in [3.05, 3.63) is 29.3 Å². The molecule has 0 fully saturated rings. The Morgan fingerprint density at radius 1 is 1.36 bits per heavy atom. The van der Waals surface area contributed by atoms with E-state index in [1.807, 2.05) is 5.01 Å². The van der Waals surface area contributed by atoms with Gasteiger partial charge < -0.3 is 5.73 Å². The van der Waals surface area contributed by atoms with E-state index >= 15 is 0 Å². The predicted octanol–water partition coefficient (Wildman–Crippen LogP) is 1.79. The maximum atomic E-state index is 5.65. The summed E-state index contributed by atoms with van der Waals surface area (Å²) in [5.74, 6) is 0.727. The van der Waals surface area contributed by atoms with Gasteiger partial charge in [0.1, 0.15) is 5.84 Å². The number of amidine groups is 1. The first-order valence-corrected chi connectivity index (χ1v) is 4.84. The summed E-state index contributed by atoms with van der Waals surface area (Å²) < 4.78 is 0. The summed E-state index contributed by atoms with van der Waals surface area (Å²) in [6.45, 7) is 5.10. The van der Waals surface area contributed by atoms with E-state index in [1.165, 1.54) is 11.1 Å². The zero-order chi connectivity index (χ0) is 10.1. The number of anilines is 1. The Labute approximate surface area is 84.2 Å². The predicted molar refractivity (Wildman–Crippen MR) is 59.5 cm³/mol. The van der Waals surface area contributed by atoms with Gasteiger partial charge in [0.15, 0.2) is 0 Å². The summed E-state index contributed by atoms with van der Waals surface area (Å²) in [5.41, 5.74) is 9.35. The average Bonchev–Trinajstić information content (AvgIpc) is 2.51. The molecule has 0 unspecified atom stereocenters. The Balaban J connectivity index is 2.33. The highest BCUT2D eigenvalue weighted by molar-refractivity contribution is 5.84. The topological polar surface area (TPSA) is 41.6 Å². The van der Waals surface area contributed by atoms with Gasteiger partial charge in [-0.1, -0.05) is 17.7 Å². The lowest BCUT2D eigenvalue weighted by molar-refractivity contribution is 0.915. The number of nitrogens with zero attached hydrogens (tertiary/aromatic N) is 2. The molecule has 0 saturated carbocycles. The van der Waals surface area contributed by atoms with Crippen LogP contribution < -0.4 is 10.7 Å². The molecule has 0 amide bonds. The van der Waals surface area contributed by atoms with Crippen LogP contribution in [0.15, 0.2) is 23.3 Å². The van der Waals surface area contributed by atoms with Crippen LogP contribution in [0.4, 0.5) is 5.69 Å². The molecule has 1 aliphatic heterocycles. The summed E-state index contributed by atoms with van der Waals surface area (Å²) in [4.78, 5) is 0. The summed E-state index contributed by atoms with van der Waals surface area (Å²) >= 11 is 0. The number of benzene rings is 1. The van der Waals surface area contributed by atoms with Crippen LogP contribution in [0.25, 0.3) is 0 Å². The van der Waals surface area contributed by atoms with Gasteiger partial charge in [-0.15, -0.1) is 0 Å². The van der Waals surface area contributed by atoms with E-state index in [4.69, 9.17) is 5.73 Å². The van der Waals surface area contributed by atoms with E-state index in [9.17, 15) is 0 Å². The molecule has 1 aliphatic rings. The quantitative estimate of drug-likeness (QED) is 0.731. The first-order valence-electron chi connectivity index (χ1n) is 4.84. The Hall–Kier alpha value is -1.51. The van der Waals surface area contributed by atoms with E-state index in [1.54, 1.807) is 0 Å². The van der Waals surface area contributed by atoms with E-state index in [-0.39, 0.29) is 0 Å². The van der Waals surface area contributed by atoms with Gasteiger partial charge in [-0.3, -0.25) is 5.01 Å². The van der Waals surface area contributed by atoms with Crippen LogP contribution in [-0.4, -0.2) is 12.4 Å². The molecule has 3 heteroatoms. The highest BCUT2D eigenvalue weighted by Gasteiger charge is 2.14. The third kappa shape index (κ3) is 1.58. The van der Waals surface area contributed by atoms with Crippen molar-refractivity contribution >= 4 is 11.5 Å². The Bertz CT molecular complexity index is 382. The molecule has 2 rings (SSSR count). The van der Waals surface area contributed by atoms with E-state index in [0.29, 0.717) is 0 Å². The fourth-order valence-electron chi connectivity index (χ4n) is 1.74. The SMILES string of the molecule is Cc1ccc(N2CCC(N)=N2)c(C)c1. The van der Waals surface area contributed by atoms with Gasteiger partial charge in [0.2, 0.25) is 0 Å².